The molecule has 0 saturated heterocycles. The van der Waals surface area contributed by atoms with Gasteiger partial charge in [-0.3, -0.25) is 4.79 Å². The predicted molar refractivity (Wildman–Crippen MR) is 97.0 cm³/mol. The molecule has 0 unspecified atom stereocenters. The fraction of sp³-hybridized carbons (Fsp3) is 0.316. The third-order valence-corrected chi connectivity index (χ3v) is 3.71. The second-order valence-electron chi connectivity index (χ2n) is 5.41. The molecule has 0 aromatic heterocycles. The van der Waals surface area contributed by atoms with Crippen molar-refractivity contribution < 1.29 is 14.3 Å². The summed E-state index contributed by atoms with van der Waals surface area (Å²) in [6, 6.07) is 14.4. The third kappa shape index (κ3) is 5.46. The average Bonchev–Trinajstić information content (AvgIpc) is 2.58. The van der Waals surface area contributed by atoms with Crippen LogP contribution >= 0.6 is 11.6 Å². The molecule has 1 N–H and O–H groups in total. The topological polar surface area (TPSA) is 47.6 Å². The van der Waals surface area contributed by atoms with Gasteiger partial charge in [0.25, 0.3) is 5.91 Å². The SMILES string of the molecule is CCCCOc1ccc(NC(=O)[C@@H](C)Oc2ccccc2Cl)cc1. The van der Waals surface area contributed by atoms with Crippen molar-refractivity contribution in [1.29, 1.82) is 0 Å². The molecule has 2 aromatic carbocycles. The first-order chi connectivity index (χ1) is 11.6. The summed E-state index contributed by atoms with van der Waals surface area (Å²) >= 11 is 6.03. The van der Waals surface area contributed by atoms with Gasteiger partial charge in [0.2, 0.25) is 0 Å². The summed E-state index contributed by atoms with van der Waals surface area (Å²) in [5, 5.41) is 3.29. The zero-order valence-electron chi connectivity index (χ0n) is 13.9. The van der Waals surface area contributed by atoms with Crippen molar-refractivity contribution in [2.75, 3.05) is 11.9 Å². The largest absolute Gasteiger partial charge is 0.494 e. The van der Waals surface area contributed by atoms with Crippen molar-refractivity contribution in [3.8, 4) is 11.5 Å². The zero-order chi connectivity index (χ0) is 17.4. The molecule has 0 spiro atoms. The number of anilines is 1. The van der Waals surface area contributed by atoms with E-state index in [0.29, 0.717) is 23.1 Å². The van der Waals surface area contributed by atoms with E-state index < -0.39 is 6.10 Å². The van der Waals surface area contributed by atoms with Gasteiger partial charge in [0.05, 0.1) is 11.6 Å². The van der Waals surface area contributed by atoms with Crippen LogP contribution in [0.1, 0.15) is 26.7 Å². The fourth-order valence-corrected chi connectivity index (χ4v) is 2.18. The lowest BCUT2D eigenvalue weighted by Crippen LogP contribution is -2.30. The number of halogens is 1. The number of ether oxygens (including phenoxy) is 2. The van der Waals surface area contributed by atoms with Crippen LogP contribution in [-0.4, -0.2) is 18.6 Å². The summed E-state index contributed by atoms with van der Waals surface area (Å²) in [6.45, 7) is 4.50. The minimum atomic E-state index is -0.662. The van der Waals surface area contributed by atoms with Crippen LogP contribution in [0.25, 0.3) is 0 Å². The maximum Gasteiger partial charge on any atom is 0.265 e. The zero-order valence-corrected chi connectivity index (χ0v) is 14.7. The standard InChI is InChI=1S/C19H22ClNO3/c1-3-4-13-23-16-11-9-15(10-12-16)21-19(22)14(2)24-18-8-6-5-7-17(18)20/h5-12,14H,3-4,13H2,1-2H3,(H,21,22)/t14-/m1/s1. The van der Waals surface area contributed by atoms with Gasteiger partial charge < -0.3 is 14.8 Å². The molecule has 2 rings (SSSR count). The van der Waals surface area contributed by atoms with Gasteiger partial charge in [-0.05, 0) is 49.7 Å². The molecule has 0 saturated carbocycles. The van der Waals surface area contributed by atoms with Crippen LogP contribution in [0.3, 0.4) is 0 Å². The molecule has 0 fully saturated rings. The molecular weight excluding hydrogens is 326 g/mol. The van der Waals surface area contributed by atoms with E-state index >= 15 is 0 Å². The number of unbranched alkanes of at least 4 members (excludes halogenated alkanes) is 1. The molecule has 0 aliphatic carbocycles. The van der Waals surface area contributed by atoms with Crippen molar-refractivity contribution in [2.45, 2.75) is 32.8 Å². The molecule has 1 atom stereocenters. The summed E-state index contributed by atoms with van der Waals surface area (Å²) in [6.07, 6.45) is 1.46. The monoisotopic (exact) mass is 347 g/mol. The molecule has 128 valence electrons. The van der Waals surface area contributed by atoms with Crippen LogP contribution < -0.4 is 14.8 Å². The Hall–Kier alpha value is -2.20. The van der Waals surface area contributed by atoms with Gasteiger partial charge in [0.1, 0.15) is 11.5 Å². The lowest BCUT2D eigenvalue weighted by Gasteiger charge is -2.15. The van der Waals surface area contributed by atoms with Crippen molar-refractivity contribution >= 4 is 23.2 Å². The second kappa shape index (κ2) is 9.18. The van der Waals surface area contributed by atoms with E-state index in [9.17, 15) is 4.79 Å². The lowest BCUT2D eigenvalue weighted by atomic mass is 10.2. The molecule has 1 amide bonds. The van der Waals surface area contributed by atoms with Gasteiger partial charge in [-0.25, -0.2) is 0 Å². The van der Waals surface area contributed by atoms with E-state index in [1.54, 1.807) is 31.2 Å². The van der Waals surface area contributed by atoms with Crippen molar-refractivity contribution in [3.63, 3.8) is 0 Å². The Morgan fingerprint density at radius 3 is 2.54 bits per heavy atom. The van der Waals surface area contributed by atoms with Gasteiger partial charge in [-0.2, -0.15) is 0 Å². The van der Waals surface area contributed by atoms with E-state index in [1.165, 1.54) is 0 Å². The normalized spacial score (nSPS) is 11.6. The highest BCUT2D eigenvalue weighted by atomic mass is 35.5. The number of hydrogen-bond acceptors (Lipinski definition) is 3. The Kier molecular flexibility index (Phi) is 6.94. The van der Waals surface area contributed by atoms with Crippen LogP contribution in [0.15, 0.2) is 48.5 Å². The van der Waals surface area contributed by atoms with Crippen LogP contribution in [0.2, 0.25) is 5.02 Å². The maximum atomic E-state index is 12.2. The van der Waals surface area contributed by atoms with Crippen molar-refractivity contribution in [2.24, 2.45) is 0 Å². The highest BCUT2D eigenvalue weighted by Crippen LogP contribution is 2.24. The van der Waals surface area contributed by atoms with Gasteiger partial charge in [0.15, 0.2) is 6.10 Å². The summed E-state index contributed by atoms with van der Waals surface area (Å²) in [5.41, 5.74) is 0.692. The molecule has 0 aliphatic heterocycles. The van der Waals surface area contributed by atoms with E-state index in [4.69, 9.17) is 21.1 Å². The fourth-order valence-electron chi connectivity index (χ4n) is 2.00. The number of para-hydroxylation sites is 1. The van der Waals surface area contributed by atoms with E-state index in [2.05, 4.69) is 12.2 Å². The number of benzene rings is 2. The Morgan fingerprint density at radius 2 is 1.88 bits per heavy atom. The van der Waals surface area contributed by atoms with Gasteiger partial charge in [-0.1, -0.05) is 37.1 Å². The third-order valence-electron chi connectivity index (χ3n) is 3.40. The van der Waals surface area contributed by atoms with E-state index in [0.717, 1.165) is 18.6 Å². The molecule has 0 bridgehead atoms. The molecule has 24 heavy (non-hydrogen) atoms. The minimum Gasteiger partial charge on any atom is -0.494 e. The maximum absolute atomic E-state index is 12.2. The first kappa shape index (κ1) is 18.1. The van der Waals surface area contributed by atoms with Crippen LogP contribution in [-0.2, 0) is 4.79 Å². The van der Waals surface area contributed by atoms with Crippen molar-refractivity contribution in [1.82, 2.24) is 0 Å². The molecule has 2 aromatic rings. The summed E-state index contributed by atoms with van der Waals surface area (Å²) < 4.78 is 11.2. The first-order valence-electron chi connectivity index (χ1n) is 8.05. The molecule has 5 heteroatoms. The number of carbonyl (C=O) groups excluding carboxylic acids is 1. The van der Waals surface area contributed by atoms with Crippen LogP contribution in [0.5, 0.6) is 11.5 Å². The number of rotatable bonds is 8. The summed E-state index contributed by atoms with van der Waals surface area (Å²) in [7, 11) is 0. The highest BCUT2D eigenvalue weighted by Gasteiger charge is 2.16. The Bertz CT molecular complexity index is 658. The molecule has 0 heterocycles. The number of carbonyl (C=O) groups is 1. The molecular formula is C19H22ClNO3. The molecule has 4 nitrogen and oxygen atoms in total. The smallest absolute Gasteiger partial charge is 0.265 e. The number of nitrogens with one attached hydrogen (secondary N) is 1. The number of amides is 1. The van der Waals surface area contributed by atoms with E-state index in [-0.39, 0.29) is 5.91 Å². The van der Waals surface area contributed by atoms with E-state index in [1.807, 2.05) is 24.3 Å². The summed E-state index contributed by atoms with van der Waals surface area (Å²) in [5.74, 6) is 1.04. The van der Waals surface area contributed by atoms with Gasteiger partial charge in [0, 0.05) is 5.69 Å². The van der Waals surface area contributed by atoms with Gasteiger partial charge >= 0.3 is 0 Å². The molecule has 0 aliphatic rings. The summed E-state index contributed by atoms with van der Waals surface area (Å²) in [4.78, 5) is 12.2. The average molecular weight is 348 g/mol. The Balaban J connectivity index is 1.88. The Labute approximate surface area is 147 Å². The van der Waals surface area contributed by atoms with Gasteiger partial charge in [-0.15, -0.1) is 0 Å². The quantitative estimate of drug-likeness (QED) is 0.689. The molecule has 0 radical (unpaired) electrons. The first-order valence-corrected chi connectivity index (χ1v) is 8.43. The highest BCUT2D eigenvalue weighted by molar-refractivity contribution is 6.32. The second-order valence-corrected chi connectivity index (χ2v) is 5.81. The minimum absolute atomic E-state index is 0.241. The lowest BCUT2D eigenvalue weighted by molar-refractivity contribution is -0.122. The van der Waals surface area contributed by atoms with Crippen molar-refractivity contribution in [3.05, 3.63) is 53.6 Å². The van der Waals surface area contributed by atoms with Crippen LogP contribution in [0.4, 0.5) is 5.69 Å². The predicted octanol–water partition coefficient (Wildman–Crippen LogP) is 4.92. The Morgan fingerprint density at radius 1 is 1.17 bits per heavy atom. The number of hydrogen-bond donors (Lipinski definition) is 1. The van der Waals surface area contributed by atoms with Crippen LogP contribution in [0, 0.1) is 0 Å².